The van der Waals surface area contributed by atoms with Gasteiger partial charge in [0.2, 0.25) is 0 Å². The number of pyridine rings is 1. The number of aromatic nitrogens is 1. The number of alkyl halides is 3. The summed E-state index contributed by atoms with van der Waals surface area (Å²) in [5.41, 5.74) is 3.81. The van der Waals surface area contributed by atoms with Gasteiger partial charge >= 0.3 is 6.18 Å². The lowest BCUT2D eigenvalue weighted by molar-refractivity contribution is -0.137. The van der Waals surface area contributed by atoms with Gasteiger partial charge in [0.15, 0.2) is 0 Å². The molecule has 3 nitrogen and oxygen atoms in total. The van der Waals surface area contributed by atoms with E-state index in [0.29, 0.717) is 17.8 Å². The van der Waals surface area contributed by atoms with Gasteiger partial charge < -0.3 is 10.3 Å². The quantitative estimate of drug-likeness (QED) is 0.853. The van der Waals surface area contributed by atoms with E-state index in [9.17, 15) is 22.4 Å². The third-order valence-corrected chi connectivity index (χ3v) is 3.46. The Labute approximate surface area is 127 Å². The molecule has 0 amide bonds. The maximum absolute atomic E-state index is 14.0. The molecule has 2 aromatic rings. The minimum atomic E-state index is -4.66. The maximum atomic E-state index is 14.0. The highest BCUT2D eigenvalue weighted by molar-refractivity contribution is 6.30. The predicted molar refractivity (Wildman–Crippen MR) is 75.4 cm³/mol. The van der Waals surface area contributed by atoms with E-state index >= 15 is 0 Å². The summed E-state index contributed by atoms with van der Waals surface area (Å²) in [6.45, 7) is 1.17. The van der Waals surface area contributed by atoms with Crippen LogP contribution in [0.4, 0.5) is 23.2 Å². The van der Waals surface area contributed by atoms with Crippen LogP contribution < -0.4 is 11.3 Å². The summed E-state index contributed by atoms with van der Waals surface area (Å²) in [6.07, 6.45) is -4.66. The molecule has 0 aliphatic heterocycles. The van der Waals surface area contributed by atoms with Crippen LogP contribution in [0.2, 0.25) is 5.02 Å². The molecule has 118 valence electrons. The molecular formula is C14H11ClF4N2O. The Kier molecular flexibility index (Phi) is 4.19. The Morgan fingerprint density at radius 1 is 1.27 bits per heavy atom. The van der Waals surface area contributed by atoms with Crippen LogP contribution in [0, 0.1) is 12.7 Å². The molecule has 0 spiro atoms. The van der Waals surface area contributed by atoms with Gasteiger partial charge in [-0.05, 0) is 31.2 Å². The van der Waals surface area contributed by atoms with Crippen molar-refractivity contribution in [3.05, 3.63) is 62.3 Å². The first-order valence-electron chi connectivity index (χ1n) is 6.12. The molecular weight excluding hydrogens is 324 g/mol. The van der Waals surface area contributed by atoms with Crippen LogP contribution >= 0.6 is 11.6 Å². The Balaban J connectivity index is 2.58. The standard InChI is InChI=1S/C14H11ClF4N2O/c1-7-2-3-11(20)13(22)21(7)6-8-4-9(14(17,18)19)5-10(15)12(8)16/h2-5H,6,20H2,1H3. The number of halogens is 5. The maximum Gasteiger partial charge on any atom is 0.416 e. The second-order valence-corrected chi connectivity index (χ2v) is 5.16. The van der Waals surface area contributed by atoms with E-state index in [1.54, 1.807) is 6.92 Å². The van der Waals surface area contributed by atoms with Gasteiger partial charge in [-0.15, -0.1) is 0 Å². The molecule has 0 fully saturated rings. The van der Waals surface area contributed by atoms with Crippen LogP contribution in [0.3, 0.4) is 0 Å². The molecule has 0 aliphatic rings. The zero-order chi connectivity index (χ0) is 16.7. The van der Waals surface area contributed by atoms with E-state index in [-0.39, 0.29) is 11.3 Å². The van der Waals surface area contributed by atoms with Gasteiger partial charge in [-0.25, -0.2) is 4.39 Å². The van der Waals surface area contributed by atoms with Crippen LogP contribution in [0.1, 0.15) is 16.8 Å². The van der Waals surface area contributed by atoms with Gasteiger partial charge in [0.1, 0.15) is 5.82 Å². The van der Waals surface area contributed by atoms with Gasteiger partial charge in [0.25, 0.3) is 5.56 Å². The lowest BCUT2D eigenvalue weighted by atomic mass is 10.1. The lowest BCUT2D eigenvalue weighted by Crippen LogP contribution is -2.25. The molecule has 0 bridgehead atoms. The van der Waals surface area contributed by atoms with Crippen molar-refractivity contribution in [2.75, 3.05) is 5.73 Å². The van der Waals surface area contributed by atoms with Crippen LogP contribution in [0.5, 0.6) is 0 Å². The van der Waals surface area contributed by atoms with Crippen molar-refractivity contribution in [2.45, 2.75) is 19.6 Å². The van der Waals surface area contributed by atoms with Crippen LogP contribution in [0.25, 0.3) is 0 Å². The van der Waals surface area contributed by atoms with E-state index in [0.717, 1.165) is 4.57 Å². The SMILES string of the molecule is Cc1ccc(N)c(=O)n1Cc1cc(C(F)(F)F)cc(Cl)c1F. The first-order chi connectivity index (χ1) is 10.1. The second-order valence-electron chi connectivity index (χ2n) is 4.75. The number of nitrogens with zero attached hydrogens (tertiary/aromatic N) is 1. The van der Waals surface area contributed by atoms with E-state index in [4.69, 9.17) is 17.3 Å². The van der Waals surface area contributed by atoms with Crippen molar-refractivity contribution in [3.8, 4) is 0 Å². The average Bonchev–Trinajstić information content (AvgIpc) is 2.42. The zero-order valence-corrected chi connectivity index (χ0v) is 12.1. The van der Waals surface area contributed by atoms with Crippen molar-refractivity contribution in [1.29, 1.82) is 0 Å². The predicted octanol–water partition coefficient (Wildman–Crippen LogP) is 3.60. The zero-order valence-electron chi connectivity index (χ0n) is 11.3. The number of benzene rings is 1. The molecule has 0 radical (unpaired) electrons. The number of hydrogen-bond acceptors (Lipinski definition) is 2. The molecule has 2 rings (SSSR count). The molecule has 0 atom stereocenters. The highest BCUT2D eigenvalue weighted by Gasteiger charge is 2.32. The Morgan fingerprint density at radius 3 is 2.50 bits per heavy atom. The molecule has 0 saturated heterocycles. The molecule has 0 aliphatic carbocycles. The fourth-order valence-corrected chi connectivity index (χ4v) is 2.22. The number of anilines is 1. The molecule has 2 N–H and O–H groups in total. The third-order valence-electron chi connectivity index (χ3n) is 3.18. The number of hydrogen-bond donors (Lipinski definition) is 1. The van der Waals surface area contributed by atoms with Gasteiger partial charge in [-0.3, -0.25) is 4.79 Å². The Morgan fingerprint density at radius 2 is 1.91 bits per heavy atom. The van der Waals surface area contributed by atoms with Crippen LogP contribution in [-0.2, 0) is 12.7 Å². The van der Waals surface area contributed by atoms with Gasteiger partial charge in [-0.2, -0.15) is 13.2 Å². The highest BCUT2D eigenvalue weighted by Crippen LogP contribution is 2.33. The van der Waals surface area contributed by atoms with Crippen molar-refractivity contribution < 1.29 is 17.6 Å². The van der Waals surface area contributed by atoms with Gasteiger partial charge in [-0.1, -0.05) is 11.6 Å². The average molecular weight is 335 g/mol. The normalized spacial score (nSPS) is 11.7. The number of rotatable bonds is 2. The molecule has 1 heterocycles. The number of nitrogen functional groups attached to an aromatic ring is 1. The van der Waals surface area contributed by atoms with Crippen LogP contribution in [0.15, 0.2) is 29.1 Å². The van der Waals surface area contributed by atoms with Crippen molar-refractivity contribution >= 4 is 17.3 Å². The minimum absolute atomic E-state index is 0.0796. The molecule has 22 heavy (non-hydrogen) atoms. The molecule has 1 aromatic heterocycles. The number of nitrogens with two attached hydrogens (primary N) is 1. The Hall–Kier alpha value is -2.02. The molecule has 1 aromatic carbocycles. The van der Waals surface area contributed by atoms with Gasteiger partial charge in [0, 0.05) is 11.3 Å². The summed E-state index contributed by atoms with van der Waals surface area (Å²) < 4.78 is 53.4. The summed E-state index contributed by atoms with van der Waals surface area (Å²) in [7, 11) is 0. The smallest absolute Gasteiger partial charge is 0.394 e. The molecule has 8 heteroatoms. The largest absolute Gasteiger partial charge is 0.416 e. The molecule has 0 unspecified atom stereocenters. The first kappa shape index (κ1) is 16.4. The minimum Gasteiger partial charge on any atom is -0.394 e. The summed E-state index contributed by atoms with van der Waals surface area (Å²) >= 11 is 5.52. The fraction of sp³-hybridized carbons (Fsp3) is 0.214. The van der Waals surface area contributed by atoms with Crippen molar-refractivity contribution in [2.24, 2.45) is 0 Å². The van der Waals surface area contributed by atoms with E-state index in [2.05, 4.69) is 0 Å². The van der Waals surface area contributed by atoms with E-state index < -0.39 is 34.7 Å². The van der Waals surface area contributed by atoms with Crippen molar-refractivity contribution in [3.63, 3.8) is 0 Å². The van der Waals surface area contributed by atoms with Crippen LogP contribution in [-0.4, -0.2) is 4.57 Å². The van der Waals surface area contributed by atoms with Crippen molar-refractivity contribution in [1.82, 2.24) is 4.57 Å². The second kappa shape index (κ2) is 5.64. The first-order valence-corrected chi connectivity index (χ1v) is 6.50. The fourth-order valence-electron chi connectivity index (χ4n) is 1.98. The third kappa shape index (κ3) is 3.09. The van der Waals surface area contributed by atoms with E-state index in [1.165, 1.54) is 12.1 Å². The summed E-state index contributed by atoms with van der Waals surface area (Å²) in [5.74, 6) is -0.997. The Bertz CT molecular complexity index is 784. The topological polar surface area (TPSA) is 48.0 Å². The lowest BCUT2D eigenvalue weighted by Gasteiger charge is -2.14. The van der Waals surface area contributed by atoms with E-state index in [1.807, 2.05) is 0 Å². The van der Waals surface area contributed by atoms with Gasteiger partial charge in [0.05, 0.1) is 22.8 Å². The molecule has 0 saturated carbocycles. The highest BCUT2D eigenvalue weighted by atomic mass is 35.5. The summed E-state index contributed by atoms with van der Waals surface area (Å²) in [6, 6.07) is 4.04. The monoisotopic (exact) mass is 334 g/mol. The summed E-state index contributed by atoms with van der Waals surface area (Å²) in [5, 5.41) is -0.653. The number of aryl methyl sites for hydroxylation is 1. The summed E-state index contributed by atoms with van der Waals surface area (Å²) in [4.78, 5) is 11.9.